The van der Waals surface area contributed by atoms with Crippen LogP contribution in [0.3, 0.4) is 0 Å². The molecular weight excluding hydrogens is 283 g/mol. The molecule has 1 atom stereocenters. The van der Waals surface area contributed by atoms with E-state index in [9.17, 15) is 18.0 Å². The zero-order valence-corrected chi connectivity index (χ0v) is 11.5. The lowest BCUT2D eigenvalue weighted by atomic mass is 9.96. The van der Waals surface area contributed by atoms with Crippen LogP contribution in [0.15, 0.2) is 24.3 Å². The summed E-state index contributed by atoms with van der Waals surface area (Å²) in [6, 6.07) is 5.16. The summed E-state index contributed by atoms with van der Waals surface area (Å²) < 4.78 is 40.5. The fourth-order valence-corrected chi connectivity index (χ4v) is 2.48. The van der Waals surface area contributed by atoms with E-state index in [2.05, 4.69) is 5.43 Å². The topological polar surface area (TPSA) is 56.1 Å². The summed E-state index contributed by atoms with van der Waals surface area (Å²) in [7, 11) is 0. The number of alkyl halides is 3. The van der Waals surface area contributed by atoms with Gasteiger partial charge in [0.05, 0.1) is 11.6 Å². The third kappa shape index (κ3) is 3.00. The minimum absolute atomic E-state index is 0.0163. The van der Waals surface area contributed by atoms with Crippen molar-refractivity contribution in [2.24, 2.45) is 0 Å². The molecule has 1 unspecified atom stereocenters. The molecule has 1 aliphatic rings. The van der Waals surface area contributed by atoms with Gasteiger partial charge in [-0.05, 0) is 31.5 Å². The third-order valence-corrected chi connectivity index (χ3v) is 3.39. The number of halogens is 3. The van der Waals surface area contributed by atoms with E-state index < -0.39 is 23.7 Å². The smallest absolute Gasteiger partial charge is 0.287 e. The highest BCUT2D eigenvalue weighted by Crippen LogP contribution is 2.42. The first-order chi connectivity index (χ1) is 9.65. The molecule has 1 aromatic rings. The van der Waals surface area contributed by atoms with Crippen LogP contribution in [-0.4, -0.2) is 22.6 Å². The van der Waals surface area contributed by atoms with Crippen molar-refractivity contribution in [2.45, 2.75) is 38.0 Å². The maximum atomic E-state index is 13.5. The van der Waals surface area contributed by atoms with E-state index in [0.717, 1.165) is 5.01 Å². The van der Waals surface area contributed by atoms with E-state index in [1.807, 2.05) is 6.07 Å². The van der Waals surface area contributed by atoms with Crippen molar-refractivity contribution < 1.29 is 18.0 Å². The number of carbonyl (C=O) groups is 1. The standard InChI is InChI=1S/C14H14F3N3O/c1-13(2)7-11(21)19-20(13)12(14(15,16)17)10-5-3-4-9(6-10)8-18/h3-6,12H,7H2,1-2H3,(H,19,21). The van der Waals surface area contributed by atoms with Crippen LogP contribution in [0.25, 0.3) is 0 Å². The number of hydrogen-bond acceptors (Lipinski definition) is 3. The Morgan fingerprint density at radius 3 is 2.57 bits per heavy atom. The molecule has 1 aromatic carbocycles. The first-order valence-corrected chi connectivity index (χ1v) is 6.31. The van der Waals surface area contributed by atoms with E-state index >= 15 is 0 Å². The molecule has 0 bridgehead atoms. The predicted octanol–water partition coefficient (Wildman–Crippen LogP) is 2.68. The summed E-state index contributed by atoms with van der Waals surface area (Å²) in [4.78, 5) is 11.5. The van der Waals surface area contributed by atoms with Crippen molar-refractivity contribution in [3.8, 4) is 6.07 Å². The molecule has 4 nitrogen and oxygen atoms in total. The molecule has 0 aliphatic carbocycles. The average molecular weight is 297 g/mol. The maximum Gasteiger partial charge on any atom is 0.409 e. The van der Waals surface area contributed by atoms with Gasteiger partial charge in [-0.25, -0.2) is 0 Å². The highest BCUT2D eigenvalue weighted by atomic mass is 19.4. The Bertz CT molecular complexity index is 604. The predicted molar refractivity (Wildman–Crippen MR) is 68.6 cm³/mol. The number of hydrogen-bond donors (Lipinski definition) is 1. The van der Waals surface area contributed by atoms with Gasteiger partial charge >= 0.3 is 6.18 Å². The van der Waals surface area contributed by atoms with Crippen molar-refractivity contribution in [1.82, 2.24) is 10.4 Å². The van der Waals surface area contributed by atoms with E-state index in [1.165, 1.54) is 24.3 Å². The van der Waals surface area contributed by atoms with Gasteiger partial charge in [0.2, 0.25) is 5.91 Å². The lowest BCUT2D eigenvalue weighted by Crippen LogP contribution is -2.51. The molecule has 1 heterocycles. The van der Waals surface area contributed by atoms with Gasteiger partial charge in [-0.3, -0.25) is 10.2 Å². The number of carbonyl (C=O) groups excluding carboxylic acids is 1. The first-order valence-electron chi connectivity index (χ1n) is 6.31. The number of benzene rings is 1. The molecule has 0 radical (unpaired) electrons. The van der Waals surface area contributed by atoms with Crippen LogP contribution < -0.4 is 5.43 Å². The van der Waals surface area contributed by atoms with Crippen LogP contribution in [0.2, 0.25) is 0 Å². The number of amides is 1. The Kier molecular flexibility index (Phi) is 3.68. The minimum atomic E-state index is -4.58. The molecule has 2 rings (SSSR count). The molecule has 0 spiro atoms. The summed E-state index contributed by atoms with van der Waals surface area (Å²) >= 11 is 0. The summed E-state index contributed by atoms with van der Waals surface area (Å²) in [5, 5.41) is 9.76. The van der Waals surface area contributed by atoms with Gasteiger partial charge in [-0.15, -0.1) is 0 Å². The van der Waals surface area contributed by atoms with Crippen LogP contribution >= 0.6 is 0 Å². The van der Waals surface area contributed by atoms with Gasteiger partial charge in [0, 0.05) is 12.0 Å². The van der Waals surface area contributed by atoms with Crippen LogP contribution in [0.4, 0.5) is 13.2 Å². The molecule has 1 N–H and O–H groups in total. The third-order valence-electron chi connectivity index (χ3n) is 3.39. The van der Waals surface area contributed by atoms with E-state index in [0.29, 0.717) is 0 Å². The number of nitrogens with one attached hydrogen (secondary N) is 1. The quantitative estimate of drug-likeness (QED) is 0.913. The molecule has 0 saturated carbocycles. The van der Waals surface area contributed by atoms with Gasteiger partial charge < -0.3 is 0 Å². The number of rotatable bonds is 2. The van der Waals surface area contributed by atoms with E-state index in [4.69, 9.17) is 5.26 Å². The first kappa shape index (κ1) is 15.3. The van der Waals surface area contributed by atoms with Crippen LogP contribution in [-0.2, 0) is 4.79 Å². The fraction of sp³-hybridized carbons (Fsp3) is 0.429. The number of nitriles is 1. The Hall–Kier alpha value is -2.07. The monoisotopic (exact) mass is 297 g/mol. The van der Waals surface area contributed by atoms with E-state index in [1.54, 1.807) is 13.8 Å². The van der Waals surface area contributed by atoms with Gasteiger partial charge in [-0.2, -0.15) is 23.4 Å². The van der Waals surface area contributed by atoms with Gasteiger partial charge in [-0.1, -0.05) is 12.1 Å². The highest BCUT2D eigenvalue weighted by molar-refractivity contribution is 5.79. The Morgan fingerprint density at radius 2 is 2.10 bits per heavy atom. The van der Waals surface area contributed by atoms with Crippen molar-refractivity contribution in [3.63, 3.8) is 0 Å². The van der Waals surface area contributed by atoms with E-state index in [-0.39, 0.29) is 17.5 Å². The zero-order chi connectivity index (χ0) is 15.8. The molecule has 1 fully saturated rings. The fourth-order valence-electron chi connectivity index (χ4n) is 2.48. The second-order valence-corrected chi connectivity index (χ2v) is 5.58. The van der Waals surface area contributed by atoms with Crippen LogP contribution in [0.1, 0.15) is 37.4 Å². The molecule has 21 heavy (non-hydrogen) atoms. The van der Waals surface area contributed by atoms with Crippen molar-refractivity contribution in [3.05, 3.63) is 35.4 Å². The molecule has 7 heteroatoms. The highest BCUT2D eigenvalue weighted by Gasteiger charge is 2.52. The Labute approximate surface area is 120 Å². The normalized spacial score (nSPS) is 19.9. The number of hydrazine groups is 1. The molecule has 1 aliphatic heterocycles. The summed E-state index contributed by atoms with van der Waals surface area (Å²) in [5.74, 6) is -0.453. The van der Waals surface area contributed by atoms with Crippen molar-refractivity contribution in [2.75, 3.05) is 0 Å². The van der Waals surface area contributed by atoms with Crippen molar-refractivity contribution in [1.29, 1.82) is 5.26 Å². The summed E-state index contributed by atoms with van der Waals surface area (Å²) in [5.41, 5.74) is 1.38. The lowest BCUT2D eigenvalue weighted by Gasteiger charge is -2.37. The molecule has 112 valence electrons. The second-order valence-electron chi connectivity index (χ2n) is 5.58. The minimum Gasteiger partial charge on any atom is -0.287 e. The van der Waals surface area contributed by atoms with Crippen LogP contribution in [0.5, 0.6) is 0 Å². The average Bonchev–Trinajstić information content (AvgIpc) is 2.61. The van der Waals surface area contributed by atoms with Gasteiger partial charge in [0.1, 0.15) is 0 Å². The largest absolute Gasteiger partial charge is 0.409 e. The molecule has 0 aromatic heterocycles. The lowest BCUT2D eigenvalue weighted by molar-refractivity contribution is -0.203. The Balaban J connectivity index is 2.50. The Morgan fingerprint density at radius 1 is 1.43 bits per heavy atom. The van der Waals surface area contributed by atoms with Crippen LogP contribution in [0, 0.1) is 11.3 Å². The van der Waals surface area contributed by atoms with Crippen molar-refractivity contribution >= 4 is 5.91 Å². The second kappa shape index (κ2) is 5.04. The summed E-state index contributed by atoms with van der Waals surface area (Å²) in [6.07, 6.45) is -4.60. The SMILES string of the molecule is CC1(C)CC(=O)NN1C(c1cccc(C#N)c1)C(F)(F)F. The molecular formula is C14H14F3N3O. The van der Waals surface area contributed by atoms with Gasteiger partial charge in [0.25, 0.3) is 0 Å². The molecule has 1 saturated heterocycles. The maximum absolute atomic E-state index is 13.5. The number of nitrogens with zero attached hydrogens (tertiary/aromatic N) is 2. The zero-order valence-electron chi connectivity index (χ0n) is 11.5. The van der Waals surface area contributed by atoms with Gasteiger partial charge in [0.15, 0.2) is 6.04 Å². The molecule has 1 amide bonds. The summed E-state index contributed by atoms with van der Waals surface area (Å²) in [6.45, 7) is 3.13.